The van der Waals surface area contributed by atoms with Crippen LogP contribution >= 0.6 is 24.2 Å². The molecule has 0 aliphatic carbocycles. The predicted molar refractivity (Wildman–Crippen MR) is 47.7 cm³/mol. The number of carbonyl (C=O) groups is 1. The smallest absolute Gasteiger partial charge is 0.414 e. The summed E-state index contributed by atoms with van der Waals surface area (Å²) in [5.41, 5.74) is 0. The van der Waals surface area contributed by atoms with E-state index < -0.39 is 0 Å². The second-order valence-electron chi connectivity index (χ2n) is 1.75. The van der Waals surface area contributed by atoms with Gasteiger partial charge in [-0.05, 0) is 12.3 Å². The Kier molecular flexibility index (Phi) is 5.15. The first-order chi connectivity index (χ1) is 4.84. The van der Waals surface area contributed by atoms with Gasteiger partial charge in [-0.1, -0.05) is 0 Å². The molecular weight excluding hydrogens is 186 g/mol. The number of thioether (sulfide) groups is 1. The van der Waals surface area contributed by atoms with E-state index >= 15 is 0 Å². The first-order valence-corrected chi connectivity index (χ1v) is 4.11. The highest BCUT2D eigenvalue weighted by atomic mass is 35.5. The van der Waals surface area contributed by atoms with Crippen LogP contribution in [0.1, 0.15) is 6.92 Å². The van der Waals surface area contributed by atoms with Crippen molar-refractivity contribution in [3.05, 3.63) is 11.6 Å². The number of hydrogen-bond donors (Lipinski definition) is 0. The van der Waals surface area contributed by atoms with E-state index in [0.29, 0.717) is 12.5 Å². The maximum Gasteiger partial charge on any atom is 0.414 e. The fraction of sp³-hybridized carbons (Fsp3) is 0.500. The van der Waals surface area contributed by atoms with Gasteiger partial charge in [0.05, 0.1) is 12.5 Å². The average molecular weight is 196 g/mol. The van der Waals surface area contributed by atoms with Crippen LogP contribution in [0.15, 0.2) is 11.6 Å². The third-order valence-corrected chi connectivity index (χ3v) is 1.79. The lowest BCUT2D eigenvalue weighted by Crippen LogP contribution is -2.23. The van der Waals surface area contributed by atoms with Gasteiger partial charge in [-0.3, -0.25) is 4.90 Å². The first-order valence-electron chi connectivity index (χ1n) is 3.06. The summed E-state index contributed by atoms with van der Waals surface area (Å²) in [4.78, 5) is 12.4. The highest BCUT2D eigenvalue weighted by Crippen LogP contribution is 2.15. The molecule has 11 heavy (non-hydrogen) atoms. The molecule has 0 radical (unpaired) electrons. The van der Waals surface area contributed by atoms with Crippen molar-refractivity contribution in [3.63, 3.8) is 0 Å². The predicted octanol–water partition coefficient (Wildman–Crippen LogP) is 2.04. The van der Waals surface area contributed by atoms with Gasteiger partial charge in [0, 0.05) is 6.20 Å². The molecule has 64 valence electrons. The van der Waals surface area contributed by atoms with Crippen molar-refractivity contribution in [3.8, 4) is 0 Å². The van der Waals surface area contributed by atoms with E-state index in [2.05, 4.69) is 0 Å². The first kappa shape index (κ1) is 10.7. The Balaban J connectivity index is 0.000001000. The zero-order valence-electron chi connectivity index (χ0n) is 6.15. The van der Waals surface area contributed by atoms with E-state index in [-0.39, 0.29) is 18.5 Å². The zero-order chi connectivity index (χ0) is 7.40. The van der Waals surface area contributed by atoms with Gasteiger partial charge in [0.25, 0.3) is 0 Å². The van der Waals surface area contributed by atoms with E-state index in [9.17, 15) is 4.79 Å². The minimum Gasteiger partial charge on any atom is -0.449 e. The van der Waals surface area contributed by atoms with Gasteiger partial charge in [-0.15, -0.1) is 24.2 Å². The van der Waals surface area contributed by atoms with Crippen molar-refractivity contribution in [1.29, 1.82) is 0 Å². The van der Waals surface area contributed by atoms with Gasteiger partial charge in [-0.2, -0.15) is 0 Å². The summed E-state index contributed by atoms with van der Waals surface area (Å²) in [6, 6.07) is 0. The van der Waals surface area contributed by atoms with Gasteiger partial charge in [0.15, 0.2) is 0 Å². The normalized spacial score (nSPS) is 14.5. The van der Waals surface area contributed by atoms with E-state index in [1.165, 1.54) is 4.90 Å². The summed E-state index contributed by atoms with van der Waals surface area (Å²) in [6.45, 7) is 2.23. The molecule has 0 atom stereocenters. The maximum absolute atomic E-state index is 10.9. The number of ether oxygens (including phenoxy) is 1. The molecule has 0 aromatic carbocycles. The molecule has 1 aliphatic heterocycles. The molecule has 0 N–H and O–H groups in total. The number of amides is 1. The fourth-order valence-electron chi connectivity index (χ4n) is 0.603. The van der Waals surface area contributed by atoms with E-state index in [1.54, 1.807) is 24.9 Å². The second-order valence-corrected chi connectivity index (χ2v) is 2.61. The van der Waals surface area contributed by atoms with Gasteiger partial charge in [-0.25, -0.2) is 4.79 Å². The molecule has 0 aromatic rings. The number of rotatable bonds is 1. The van der Waals surface area contributed by atoms with Crippen LogP contribution in [0.4, 0.5) is 4.79 Å². The largest absolute Gasteiger partial charge is 0.449 e. The Morgan fingerprint density at radius 3 is 3.00 bits per heavy atom. The Bertz CT molecular complexity index is 163. The Labute approximate surface area is 76.2 Å². The van der Waals surface area contributed by atoms with Gasteiger partial charge < -0.3 is 4.74 Å². The van der Waals surface area contributed by atoms with Gasteiger partial charge >= 0.3 is 6.09 Å². The lowest BCUT2D eigenvalue weighted by Gasteiger charge is -2.10. The number of hydrogen-bond acceptors (Lipinski definition) is 3. The van der Waals surface area contributed by atoms with E-state index in [4.69, 9.17) is 4.74 Å². The summed E-state index contributed by atoms with van der Waals surface area (Å²) < 4.78 is 4.75. The standard InChI is InChI=1S/C6H9NO2S.ClH/c1-2-9-6(8)7-3-4-10-5-7;/h3-4H,2,5H2,1H3;1H. The lowest BCUT2D eigenvalue weighted by molar-refractivity contribution is 0.128. The fourth-order valence-corrected chi connectivity index (χ4v) is 1.27. The van der Waals surface area contributed by atoms with Crippen molar-refractivity contribution in [2.45, 2.75) is 6.92 Å². The van der Waals surface area contributed by atoms with Crippen molar-refractivity contribution in [2.75, 3.05) is 12.5 Å². The molecule has 0 saturated carbocycles. The quantitative estimate of drug-likeness (QED) is 0.642. The summed E-state index contributed by atoms with van der Waals surface area (Å²) in [6.07, 6.45) is 1.46. The molecule has 3 nitrogen and oxygen atoms in total. The van der Waals surface area contributed by atoms with Crippen LogP contribution in [-0.4, -0.2) is 23.5 Å². The highest BCUT2D eigenvalue weighted by Gasteiger charge is 2.13. The van der Waals surface area contributed by atoms with E-state index in [0.717, 1.165) is 0 Å². The number of carbonyl (C=O) groups excluding carboxylic acids is 1. The van der Waals surface area contributed by atoms with Crippen LogP contribution in [-0.2, 0) is 4.74 Å². The molecule has 0 unspecified atom stereocenters. The highest BCUT2D eigenvalue weighted by molar-refractivity contribution is 8.02. The Hall–Kier alpha value is -0.350. The lowest BCUT2D eigenvalue weighted by atomic mass is 10.8. The summed E-state index contributed by atoms with van der Waals surface area (Å²) in [5, 5.41) is 1.87. The summed E-state index contributed by atoms with van der Waals surface area (Å²) >= 11 is 1.58. The molecule has 0 spiro atoms. The third-order valence-electron chi connectivity index (χ3n) is 1.05. The van der Waals surface area contributed by atoms with Crippen molar-refractivity contribution in [1.82, 2.24) is 4.90 Å². The van der Waals surface area contributed by atoms with Crippen molar-refractivity contribution in [2.24, 2.45) is 0 Å². The topological polar surface area (TPSA) is 29.5 Å². The Morgan fingerprint density at radius 1 is 1.82 bits per heavy atom. The Morgan fingerprint density at radius 2 is 2.55 bits per heavy atom. The third kappa shape index (κ3) is 3.03. The van der Waals surface area contributed by atoms with Crippen LogP contribution in [0, 0.1) is 0 Å². The molecule has 0 bridgehead atoms. The molecule has 1 heterocycles. The van der Waals surface area contributed by atoms with Gasteiger partial charge in [0.2, 0.25) is 0 Å². The van der Waals surface area contributed by atoms with Crippen LogP contribution in [0.2, 0.25) is 0 Å². The van der Waals surface area contributed by atoms with Crippen LogP contribution in [0.25, 0.3) is 0 Å². The molecule has 1 rings (SSSR count). The maximum atomic E-state index is 10.9. The molecule has 1 aliphatic rings. The molecule has 5 heteroatoms. The molecule has 1 amide bonds. The van der Waals surface area contributed by atoms with Gasteiger partial charge in [0.1, 0.15) is 0 Å². The van der Waals surface area contributed by atoms with Crippen molar-refractivity contribution < 1.29 is 9.53 Å². The van der Waals surface area contributed by atoms with Crippen LogP contribution in [0.5, 0.6) is 0 Å². The van der Waals surface area contributed by atoms with Crippen LogP contribution in [0.3, 0.4) is 0 Å². The zero-order valence-corrected chi connectivity index (χ0v) is 7.78. The molecule has 0 fully saturated rings. The number of halogens is 1. The SMILES string of the molecule is CCOC(=O)N1C=CSC1.Cl. The minimum atomic E-state index is -0.260. The monoisotopic (exact) mass is 195 g/mol. The number of nitrogens with zero attached hydrogens (tertiary/aromatic N) is 1. The van der Waals surface area contributed by atoms with Crippen molar-refractivity contribution >= 4 is 30.3 Å². The minimum absolute atomic E-state index is 0. The van der Waals surface area contributed by atoms with E-state index in [1.807, 2.05) is 5.41 Å². The summed E-state index contributed by atoms with van der Waals surface area (Å²) in [7, 11) is 0. The average Bonchev–Trinajstić information content (AvgIpc) is 2.38. The molecular formula is C6H10ClNO2S. The van der Waals surface area contributed by atoms with Crippen LogP contribution < -0.4 is 0 Å². The molecule has 0 aromatic heterocycles. The second kappa shape index (κ2) is 5.32. The molecule has 0 saturated heterocycles. The summed E-state index contributed by atoms with van der Waals surface area (Å²) in [5.74, 6) is 0.679.